The highest BCUT2D eigenvalue weighted by molar-refractivity contribution is 5.69. The van der Waals surface area contributed by atoms with Crippen LogP contribution in [0.15, 0.2) is 18.5 Å². The van der Waals surface area contributed by atoms with Gasteiger partial charge in [0.15, 0.2) is 5.82 Å². The smallest absolute Gasteiger partial charge is 0.154 e. The standard InChI is InChI=1S/C15H19FN4/c16-10-11-3-6-19(7-4-11)15-14-9-13(12-1-2-12)18-20(14)8-5-17-15/h5,8-9,11-12H,1-4,6-7,10H2. The first kappa shape index (κ1) is 12.1. The summed E-state index contributed by atoms with van der Waals surface area (Å²) in [5.74, 6) is 1.89. The number of aromatic nitrogens is 3. The number of anilines is 1. The normalized spacial score (nSPS) is 20.8. The second-order valence-corrected chi connectivity index (χ2v) is 6.01. The number of nitrogens with zero attached hydrogens (tertiary/aromatic N) is 4. The molecular weight excluding hydrogens is 255 g/mol. The first-order chi connectivity index (χ1) is 9.85. The zero-order valence-corrected chi connectivity index (χ0v) is 11.5. The first-order valence-electron chi connectivity index (χ1n) is 7.50. The van der Waals surface area contributed by atoms with Crippen LogP contribution in [0.5, 0.6) is 0 Å². The van der Waals surface area contributed by atoms with Crippen molar-refractivity contribution in [3.05, 3.63) is 24.2 Å². The Balaban J connectivity index is 1.65. The summed E-state index contributed by atoms with van der Waals surface area (Å²) < 4.78 is 14.7. The van der Waals surface area contributed by atoms with E-state index < -0.39 is 0 Å². The Hall–Kier alpha value is -1.65. The van der Waals surface area contributed by atoms with E-state index >= 15 is 0 Å². The van der Waals surface area contributed by atoms with Gasteiger partial charge in [0.25, 0.3) is 0 Å². The van der Waals surface area contributed by atoms with Gasteiger partial charge < -0.3 is 4.90 Å². The zero-order valence-electron chi connectivity index (χ0n) is 11.5. The lowest BCUT2D eigenvalue weighted by Crippen LogP contribution is -2.35. The fraction of sp³-hybridized carbons (Fsp3) is 0.600. The molecule has 1 saturated heterocycles. The molecule has 106 valence electrons. The Morgan fingerprint density at radius 2 is 2.00 bits per heavy atom. The van der Waals surface area contributed by atoms with Crippen molar-refractivity contribution in [2.45, 2.75) is 31.6 Å². The number of hydrogen-bond acceptors (Lipinski definition) is 3. The molecule has 5 heteroatoms. The molecule has 20 heavy (non-hydrogen) atoms. The summed E-state index contributed by atoms with van der Waals surface area (Å²) in [6.07, 6.45) is 8.08. The fourth-order valence-corrected chi connectivity index (χ4v) is 3.05. The van der Waals surface area contributed by atoms with E-state index in [1.165, 1.54) is 18.5 Å². The van der Waals surface area contributed by atoms with Gasteiger partial charge in [-0.15, -0.1) is 0 Å². The molecule has 2 aromatic heterocycles. The molecule has 1 aliphatic carbocycles. The highest BCUT2D eigenvalue weighted by Crippen LogP contribution is 2.40. The van der Waals surface area contributed by atoms with E-state index in [0.717, 1.165) is 37.3 Å². The van der Waals surface area contributed by atoms with Gasteiger partial charge in [-0.1, -0.05) is 0 Å². The molecular formula is C15H19FN4. The Morgan fingerprint density at radius 1 is 1.20 bits per heavy atom. The van der Waals surface area contributed by atoms with Crippen molar-refractivity contribution < 1.29 is 4.39 Å². The Morgan fingerprint density at radius 3 is 2.70 bits per heavy atom. The minimum Gasteiger partial charge on any atom is -0.355 e. The van der Waals surface area contributed by atoms with Crippen molar-refractivity contribution in [1.82, 2.24) is 14.6 Å². The summed E-state index contributed by atoms with van der Waals surface area (Å²) in [4.78, 5) is 6.82. The molecule has 0 atom stereocenters. The van der Waals surface area contributed by atoms with Gasteiger partial charge in [-0.05, 0) is 37.7 Å². The predicted octanol–water partition coefficient (Wildman–Crippen LogP) is 2.79. The van der Waals surface area contributed by atoms with E-state index in [1.807, 2.05) is 16.9 Å². The summed E-state index contributed by atoms with van der Waals surface area (Å²) >= 11 is 0. The first-order valence-corrected chi connectivity index (χ1v) is 7.50. The highest BCUT2D eigenvalue weighted by Gasteiger charge is 2.28. The zero-order chi connectivity index (χ0) is 13.5. The molecule has 2 aromatic rings. The number of piperidine rings is 1. The van der Waals surface area contributed by atoms with Crippen LogP contribution in [0.25, 0.3) is 5.52 Å². The largest absolute Gasteiger partial charge is 0.355 e. The van der Waals surface area contributed by atoms with Crippen LogP contribution in [0.3, 0.4) is 0 Å². The molecule has 0 unspecified atom stereocenters. The maximum atomic E-state index is 12.7. The maximum Gasteiger partial charge on any atom is 0.154 e. The van der Waals surface area contributed by atoms with E-state index in [4.69, 9.17) is 0 Å². The SMILES string of the molecule is FCC1CCN(c2nccn3nc(C4CC4)cc23)CC1. The average Bonchev–Trinajstić information content (AvgIpc) is 3.26. The molecule has 0 radical (unpaired) electrons. The summed E-state index contributed by atoms with van der Waals surface area (Å²) in [6.45, 7) is 1.60. The molecule has 3 heterocycles. The highest BCUT2D eigenvalue weighted by atomic mass is 19.1. The van der Waals surface area contributed by atoms with Crippen molar-refractivity contribution in [1.29, 1.82) is 0 Å². The minimum absolute atomic E-state index is 0.190. The molecule has 2 aliphatic rings. The number of hydrogen-bond donors (Lipinski definition) is 0. The van der Waals surface area contributed by atoms with Crippen LogP contribution in [-0.4, -0.2) is 34.4 Å². The monoisotopic (exact) mass is 274 g/mol. The lowest BCUT2D eigenvalue weighted by Gasteiger charge is -2.31. The lowest BCUT2D eigenvalue weighted by molar-refractivity contribution is 0.307. The third-order valence-corrected chi connectivity index (χ3v) is 4.52. The Bertz CT molecular complexity index is 611. The van der Waals surface area contributed by atoms with E-state index in [2.05, 4.69) is 21.0 Å². The van der Waals surface area contributed by atoms with Crippen LogP contribution < -0.4 is 4.90 Å². The van der Waals surface area contributed by atoms with E-state index in [-0.39, 0.29) is 12.6 Å². The molecule has 0 N–H and O–H groups in total. The molecule has 4 rings (SSSR count). The lowest BCUT2D eigenvalue weighted by atomic mass is 9.98. The fourth-order valence-electron chi connectivity index (χ4n) is 3.05. The average molecular weight is 274 g/mol. The predicted molar refractivity (Wildman–Crippen MR) is 75.9 cm³/mol. The van der Waals surface area contributed by atoms with E-state index in [0.29, 0.717) is 5.92 Å². The van der Waals surface area contributed by atoms with Gasteiger partial charge in [-0.3, -0.25) is 4.39 Å². The molecule has 0 spiro atoms. The summed E-state index contributed by atoms with van der Waals surface area (Å²) in [6, 6.07) is 2.18. The number of fused-ring (bicyclic) bond motifs is 1. The van der Waals surface area contributed by atoms with Crippen LogP contribution in [0.1, 0.15) is 37.3 Å². The van der Waals surface area contributed by atoms with Gasteiger partial charge >= 0.3 is 0 Å². The Labute approximate surface area is 117 Å². The number of halogens is 1. The second kappa shape index (κ2) is 4.72. The van der Waals surface area contributed by atoms with Gasteiger partial charge in [0.2, 0.25) is 0 Å². The molecule has 0 aromatic carbocycles. The molecule has 2 fully saturated rings. The van der Waals surface area contributed by atoms with Crippen LogP contribution in [-0.2, 0) is 0 Å². The van der Waals surface area contributed by atoms with Crippen molar-refractivity contribution in [2.24, 2.45) is 5.92 Å². The number of rotatable bonds is 3. The number of alkyl halides is 1. The second-order valence-electron chi connectivity index (χ2n) is 6.01. The van der Waals surface area contributed by atoms with Gasteiger partial charge in [0.1, 0.15) is 5.52 Å². The van der Waals surface area contributed by atoms with Gasteiger partial charge in [0, 0.05) is 31.4 Å². The Kier molecular flexibility index (Phi) is 2.86. The minimum atomic E-state index is -0.190. The topological polar surface area (TPSA) is 33.4 Å². The van der Waals surface area contributed by atoms with Crippen molar-refractivity contribution in [2.75, 3.05) is 24.7 Å². The van der Waals surface area contributed by atoms with Crippen molar-refractivity contribution in [3.8, 4) is 0 Å². The molecule has 0 amide bonds. The summed E-state index contributed by atoms with van der Waals surface area (Å²) in [5, 5.41) is 4.65. The van der Waals surface area contributed by atoms with Crippen LogP contribution in [0.2, 0.25) is 0 Å². The summed E-state index contributed by atoms with van der Waals surface area (Å²) in [5.41, 5.74) is 2.28. The third-order valence-electron chi connectivity index (χ3n) is 4.52. The third kappa shape index (κ3) is 2.05. The molecule has 4 nitrogen and oxygen atoms in total. The van der Waals surface area contributed by atoms with Crippen molar-refractivity contribution >= 4 is 11.3 Å². The summed E-state index contributed by atoms with van der Waals surface area (Å²) in [7, 11) is 0. The molecule has 1 aliphatic heterocycles. The quantitative estimate of drug-likeness (QED) is 0.863. The van der Waals surface area contributed by atoms with Crippen LogP contribution >= 0.6 is 0 Å². The van der Waals surface area contributed by atoms with Crippen LogP contribution in [0.4, 0.5) is 10.2 Å². The van der Waals surface area contributed by atoms with Gasteiger partial charge in [0.05, 0.1) is 12.4 Å². The van der Waals surface area contributed by atoms with E-state index in [9.17, 15) is 4.39 Å². The molecule has 0 bridgehead atoms. The maximum absolute atomic E-state index is 12.7. The van der Waals surface area contributed by atoms with E-state index in [1.54, 1.807) is 0 Å². The van der Waals surface area contributed by atoms with Crippen LogP contribution in [0, 0.1) is 5.92 Å². The van der Waals surface area contributed by atoms with Gasteiger partial charge in [-0.25, -0.2) is 9.50 Å². The van der Waals surface area contributed by atoms with Gasteiger partial charge in [-0.2, -0.15) is 5.10 Å². The molecule has 1 saturated carbocycles. The van der Waals surface area contributed by atoms with Crippen molar-refractivity contribution in [3.63, 3.8) is 0 Å².